The Kier molecular flexibility index (Phi) is 10.3. The normalized spacial score (nSPS) is 14.6. The number of para-hydroxylation sites is 5. The van der Waals surface area contributed by atoms with Gasteiger partial charge in [0.25, 0.3) is 0 Å². The topological polar surface area (TPSA) is 47.7 Å². The molecule has 7 nitrogen and oxygen atoms in total. The first-order valence-corrected chi connectivity index (χ1v) is 28.8. The lowest BCUT2D eigenvalue weighted by molar-refractivity contribution is 0.429. The van der Waals surface area contributed by atoms with Crippen LogP contribution in [0.2, 0.25) is 0 Å². The first kappa shape index (κ1) is 42.9. The van der Waals surface area contributed by atoms with Crippen LogP contribution in [-0.4, -0.2) is 20.8 Å². The summed E-state index contributed by atoms with van der Waals surface area (Å²) in [5.41, 5.74) is 10.5. The van der Waals surface area contributed by atoms with E-state index in [4.69, 9.17) is 22.7 Å². The van der Waals surface area contributed by atoms with Crippen LogP contribution in [0.5, 0.6) is 23.0 Å². The zero-order valence-corrected chi connectivity index (χ0v) is 49.1. The van der Waals surface area contributed by atoms with Crippen molar-refractivity contribution in [2.24, 2.45) is 0 Å². The Morgan fingerprint density at radius 2 is 0.965 bits per heavy atom. The Labute approximate surface area is 512 Å². The maximum absolute atomic E-state index is 9.17. The predicted molar refractivity (Wildman–Crippen MR) is 355 cm³/mol. The molecule has 1 aliphatic heterocycles. The van der Waals surface area contributed by atoms with Gasteiger partial charge in [-0.05, 0) is 106 Å². The highest BCUT2D eigenvalue weighted by Crippen LogP contribution is 2.51. The van der Waals surface area contributed by atoms with E-state index in [0.717, 1.165) is 61.1 Å². The molecule has 0 amide bonds. The van der Waals surface area contributed by atoms with Crippen LogP contribution in [0.25, 0.3) is 77.4 Å². The van der Waals surface area contributed by atoms with Crippen molar-refractivity contribution in [3.05, 3.63) is 259 Å². The second kappa shape index (κ2) is 20.5. The summed E-state index contributed by atoms with van der Waals surface area (Å²) in [4.78, 5) is 9.06. The quantitative estimate of drug-likeness (QED) is 0.137. The van der Waals surface area contributed by atoms with Gasteiger partial charge >= 0.3 is 0 Å². The van der Waals surface area contributed by atoms with Gasteiger partial charge in [-0.2, -0.15) is 0 Å². The van der Waals surface area contributed by atoms with Gasteiger partial charge < -0.3 is 23.8 Å². The molecule has 10 aromatic carbocycles. The molecule has 0 radical (unpaired) electrons. The number of ether oxygens (including phenoxy) is 2. The standard InChI is InChI=1S/C78H69N5O2/c1-76(2,3)53-44-65(77(4,5)6)75(66(45-53)78(7,8)9)85-58-42-43-79-73(49-58)83-69-41-38-55(82-67-34-18-16-30-61(67)62-31-17-19-35-68(62)82)47-64(69)63-40-39-57(48-72(63)83)84-56-29-22-28-54(46-56)80-50-81(71-37-21-20-36-70(71)80)74-59(51-24-12-10-13-25-51)32-23-33-60(74)52-26-14-11-15-27-52/h10-49H,50H2,1-9H3/i10D,11D,12D,13D,14D,15D,24D,25D,26D,27D. The maximum Gasteiger partial charge on any atom is 0.141 e. The third-order valence-electron chi connectivity index (χ3n) is 16.3. The molecule has 0 N–H and O–H groups in total. The third kappa shape index (κ3) is 9.54. The van der Waals surface area contributed by atoms with Crippen molar-refractivity contribution in [2.45, 2.75) is 78.6 Å². The molecular formula is C78H69N5O2. The van der Waals surface area contributed by atoms with Gasteiger partial charge in [0.2, 0.25) is 0 Å². The van der Waals surface area contributed by atoms with Crippen molar-refractivity contribution in [3.8, 4) is 56.8 Å². The van der Waals surface area contributed by atoms with Gasteiger partial charge in [0, 0.05) is 79.6 Å². The molecule has 4 heterocycles. The summed E-state index contributed by atoms with van der Waals surface area (Å²) in [5.74, 6) is 3.20. The largest absolute Gasteiger partial charge is 0.457 e. The number of hydrogen-bond acceptors (Lipinski definition) is 5. The van der Waals surface area contributed by atoms with Gasteiger partial charge in [-0.25, -0.2) is 4.98 Å². The minimum Gasteiger partial charge on any atom is -0.457 e. The first-order valence-electron chi connectivity index (χ1n) is 33.8. The number of fused-ring (bicyclic) bond motifs is 7. The molecule has 0 fully saturated rings. The van der Waals surface area contributed by atoms with E-state index in [1.54, 1.807) is 24.4 Å². The van der Waals surface area contributed by atoms with Crippen LogP contribution in [0.4, 0.5) is 22.7 Å². The summed E-state index contributed by atoms with van der Waals surface area (Å²) < 4.78 is 107. The van der Waals surface area contributed by atoms with Crippen molar-refractivity contribution >= 4 is 66.4 Å². The Morgan fingerprint density at radius 1 is 0.412 bits per heavy atom. The Hall–Kier alpha value is -9.85. The average Bonchev–Trinajstić information content (AvgIpc) is 1.66. The monoisotopic (exact) mass is 1120 g/mol. The van der Waals surface area contributed by atoms with Gasteiger partial charge in [-0.1, -0.05) is 208 Å². The molecule has 7 heteroatoms. The van der Waals surface area contributed by atoms with E-state index in [0.29, 0.717) is 34.4 Å². The second-order valence-corrected chi connectivity index (χ2v) is 25.0. The Bertz CT molecular complexity index is 5110. The van der Waals surface area contributed by atoms with Gasteiger partial charge in [0.15, 0.2) is 0 Å². The summed E-state index contributed by atoms with van der Waals surface area (Å²) in [7, 11) is 0. The smallest absolute Gasteiger partial charge is 0.141 e. The number of pyridine rings is 1. The number of rotatable bonds is 10. The Morgan fingerprint density at radius 3 is 1.59 bits per heavy atom. The van der Waals surface area contributed by atoms with E-state index in [-0.39, 0.29) is 50.9 Å². The lowest BCUT2D eigenvalue weighted by Crippen LogP contribution is -2.24. The zero-order valence-electron chi connectivity index (χ0n) is 59.1. The highest BCUT2D eigenvalue weighted by molar-refractivity contribution is 6.12. The fraction of sp³-hybridized carbons (Fsp3) is 0.167. The molecule has 0 saturated carbocycles. The number of benzene rings is 10. The molecule has 0 bridgehead atoms. The van der Waals surface area contributed by atoms with E-state index in [1.807, 2.05) is 77.7 Å². The van der Waals surface area contributed by atoms with Crippen LogP contribution in [0.3, 0.4) is 0 Å². The van der Waals surface area contributed by atoms with Crippen LogP contribution in [0.1, 0.15) is 92.7 Å². The molecule has 85 heavy (non-hydrogen) atoms. The molecule has 14 rings (SSSR count). The minimum absolute atomic E-state index is 0.0832. The molecule has 0 atom stereocenters. The van der Waals surface area contributed by atoms with Crippen molar-refractivity contribution in [2.75, 3.05) is 16.5 Å². The summed E-state index contributed by atoms with van der Waals surface area (Å²) in [6.07, 6.45) is 1.81. The fourth-order valence-corrected chi connectivity index (χ4v) is 12.1. The van der Waals surface area contributed by atoms with Gasteiger partial charge in [-0.3, -0.25) is 4.57 Å². The van der Waals surface area contributed by atoms with Gasteiger partial charge in [-0.15, -0.1) is 0 Å². The average molecular weight is 1120 g/mol. The summed E-state index contributed by atoms with van der Waals surface area (Å²) in [6.45, 7) is 20.3. The van der Waals surface area contributed by atoms with Crippen molar-refractivity contribution in [3.63, 3.8) is 0 Å². The van der Waals surface area contributed by atoms with Crippen LogP contribution in [-0.2, 0) is 16.2 Å². The lowest BCUT2D eigenvalue weighted by atomic mass is 9.74. The highest BCUT2D eigenvalue weighted by atomic mass is 16.5. The van der Waals surface area contributed by atoms with Crippen LogP contribution in [0.15, 0.2) is 243 Å². The second-order valence-electron chi connectivity index (χ2n) is 25.0. The highest BCUT2D eigenvalue weighted by Gasteiger charge is 2.33. The van der Waals surface area contributed by atoms with E-state index < -0.39 is 60.4 Å². The van der Waals surface area contributed by atoms with Crippen LogP contribution < -0.4 is 19.3 Å². The summed E-state index contributed by atoms with van der Waals surface area (Å²) in [5, 5.41) is 4.31. The number of hydrogen-bond donors (Lipinski definition) is 0. The molecule has 0 saturated heterocycles. The number of nitrogens with zero attached hydrogens (tertiary/aromatic N) is 5. The van der Waals surface area contributed by atoms with E-state index >= 15 is 0 Å². The molecule has 0 unspecified atom stereocenters. The molecule has 3 aromatic heterocycles. The van der Waals surface area contributed by atoms with E-state index in [1.165, 1.54) is 16.3 Å². The SMILES string of the molecule is [2H]c1c([2H])c([2H])c(-c2cccc(-c3c([2H])c([2H])c([2H])c([2H])c3[2H])c2N2CN(c3cccc(Oc4ccc5c6cc(-n7c8ccccc8c8ccccc87)ccc6n(-c6cc(Oc7c(C(C)(C)C)cc(C(C)(C)C)cc7C(C)(C)C)ccn6)c5c4)c3)c3ccccc32)c([2H])c1[2H]. The summed E-state index contributed by atoms with van der Waals surface area (Å²) >= 11 is 0. The van der Waals surface area contributed by atoms with E-state index in [9.17, 15) is 5.48 Å². The molecule has 1 aliphatic rings. The van der Waals surface area contributed by atoms with Crippen LogP contribution in [0, 0.1) is 0 Å². The maximum atomic E-state index is 9.17. The van der Waals surface area contributed by atoms with Gasteiger partial charge in [0.1, 0.15) is 35.5 Å². The fourth-order valence-electron chi connectivity index (χ4n) is 12.1. The van der Waals surface area contributed by atoms with Crippen molar-refractivity contribution < 1.29 is 23.2 Å². The zero-order chi connectivity index (χ0) is 67.1. The molecule has 13 aromatic rings. The first-order chi connectivity index (χ1) is 45.2. The van der Waals surface area contributed by atoms with Crippen molar-refractivity contribution in [1.29, 1.82) is 0 Å². The predicted octanol–water partition coefficient (Wildman–Crippen LogP) is 21.3. The lowest BCUT2D eigenvalue weighted by Gasteiger charge is -2.33. The number of aromatic nitrogens is 3. The van der Waals surface area contributed by atoms with Gasteiger partial charge in [0.05, 0.1) is 52.8 Å². The van der Waals surface area contributed by atoms with Crippen molar-refractivity contribution in [1.82, 2.24) is 14.1 Å². The number of anilines is 4. The molecular weight excluding hydrogens is 1040 g/mol. The molecule has 418 valence electrons. The van der Waals surface area contributed by atoms with E-state index in [2.05, 4.69) is 161 Å². The van der Waals surface area contributed by atoms with Crippen LogP contribution >= 0.6 is 0 Å². The molecule has 0 spiro atoms. The molecule has 0 aliphatic carbocycles. The summed E-state index contributed by atoms with van der Waals surface area (Å²) in [6, 6.07) is 53.4. The third-order valence-corrected chi connectivity index (χ3v) is 16.3. The minimum atomic E-state index is -0.560. The Balaban J connectivity index is 0.894.